The summed E-state index contributed by atoms with van der Waals surface area (Å²) in [6, 6.07) is 0. The Morgan fingerprint density at radius 2 is 2.19 bits per heavy atom. The Morgan fingerprint density at radius 1 is 1.44 bits per heavy atom. The normalized spacial score (nSPS) is 25.4. The van der Waals surface area contributed by atoms with Gasteiger partial charge in [-0.1, -0.05) is 6.92 Å². The highest BCUT2D eigenvalue weighted by molar-refractivity contribution is 5.82. The second-order valence-corrected chi connectivity index (χ2v) is 4.25. The summed E-state index contributed by atoms with van der Waals surface area (Å²) in [6.07, 6.45) is 5.09. The Morgan fingerprint density at radius 3 is 2.62 bits per heavy atom. The van der Waals surface area contributed by atoms with Gasteiger partial charge in [-0.3, -0.25) is 14.9 Å². The van der Waals surface area contributed by atoms with Crippen LogP contribution >= 0.6 is 0 Å². The molecule has 86 valence electrons. The van der Waals surface area contributed by atoms with Crippen molar-refractivity contribution >= 4 is 5.91 Å². The van der Waals surface area contributed by atoms with Crippen LogP contribution in [0.4, 0.5) is 0 Å². The van der Waals surface area contributed by atoms with E-state index in [0.29, 0.717) is 12.8 Å². The van der Waals surface area contributed by atoms with Gasteiger partial charge in [0.2, 0.25) is 11.6 Å². The van der Waals surface area contributed by atoms with Crippen molar-refractivity contribution in [3.63, 3.8) is 0 Å². The smallest absolute Gasteiger partial charge is 0.246 e. The number of hydrogen-bond acceptors (Lipinski definition) is 3. The van der Waals surface area contributed by atoms with Gasteiger partial charge in [-0.15, -0.1) is 0 Å². The Balaban J connectivity index is 2.13. The molecule has 0 radical (unpaired) electrons. The first-order valence-electron chi connectivity index (χ1n) is 5.45. The molecule has 1 unspecified atom stereocenters. The molecule has 0 spiro atoms. The van der Waals surface area contributed by atoms with Crippen LogP contribution < -0.4 is 0 Å². The average Bonchev–Trinajstić information content (AvgIpc) is 2.60. The topological polar surface area (TPSA) is 63.4 Å². The first-order chi connectivity index (χ1) is 7.59. The van der Waals surface area contributed by atoms with Gasteiger partial charge in [0.25, 0.3) is 0 Å². The van der Waals surface area contributed by atoms with Crippen LogP contribution in [-0.4, -0.2) is 22.3 Å². The van der Waals surface area contributed by atoms with Crippen molar-refractivity contribution < 1.29 is 9.72 Å². The third kappa shape index (κ3) is 1.85. The zero-order chi connectivity index (χ0) is 11.7. The van der Waals surface area contributed by atoms with Gasteiger partial charge in [0.1, 0.15) is 0 Å². The highest BCUT2D eigenvalue weighted by Crippen LogP contribution is 2.27. The predicted molar refractivity (Wildman–Crippen MR) is 57.9 cm³/mol. The van der Waals surface area contributed by atoms with Gasteiger partial charge < -0.3 is 4.90 Å². The van der Waals surface area contributed by atoms with Crippen LogP contribution in [0.3, 0.4) is 0 Å². The first-order valence-corrected chi connectivity index (χ1v) is 5.45. The summed E-state index contributed by atoms with van der Waals surface area (Å²) in [5.74, 6) is 0.228. The SMILES string of the molecule is CC1CCN(C2=CC=C([N+](=O)[O-])CC2)C1=O. The maximum absolute atomic E-state index is 11.8. The fourth-order valence-corrected chi connectivity index (χ4v) is 2.10. The van der Waals surface area contributed by atoms with Crippen molar-refractivity contribution in [2.24, 2.45) is 5.92 Å². The molecule has 1 fully saturated rings. The highest BCUT2D eigenvalue weighted by atomic mass is 16.6. The van der Waals surface area contributed by atoms with Crippen LogP contribution in [0, 0.1) is 16.0 Å². The lowest BCUT2D eigenvalue weighted by Crippen LogP contribution is -2.27. The molecule has 1 atom stereocenters. The quantitative estimate of drug-likeness (QED) is 0.527. The summed E-state index contributed by atoms with van der Waals surface area (Å²) in [5.41, 5.74) is 1.14. The van der Waals surface area contributed by atoms with E-state index < -0.39 is 0 Å². The lowest BCUT2D eigenvalue weighted by Gasteiger charge is -2.21. The molecule has 0 N–H and O–H groups in total. The molecule has 16 heavy (non-hydrogen) atoms. The summed E-state index contributed by atoms with van der Waals surface area (Å²) >= 11 is 0. The van der Waals surface area contributed by atoms with Crippen molar-refractivity contribution in [3.05, 3.63) is 33.7 Å². The molecular weight excluding hydrogens is 208 g/mol. The van der Waals surface area contributed by atoms with Crippen LogP contribution in [-0.2, 0) is 4.79 Å². The molecule has 1 saturated heterocycles. The molecule has 1 aliphatic carbocycles. The fourth-order valence-electron chi connectivity index (χ4n) is 2.10. The average molecular weight is 222 g/mol. The van der Waals surface area contributed by atoms with E-state index in [1.54, 1.807) is 11.0 Å². The minimum atomic E-state index is -0.359. The number of allylic oxidation sites excluding steroid dienone is 4. The maximum atomic E-state index is 11.8. The number of hydrogen-bond donors (Lipinski definition) is 0. The second kappa shape index (κ2) is 4.08. The van der Waals surface area contributed by atoms with Crippen LogP contribution in [0.25, 0.3) is 0 Å². The predicted octanol–water partition coefficient (Wildman–Crippen LogP) is 1.69. The molecule has 1 aliphatic heterocycles. The van der Waals surface area contributed by atoms with Crippen molar-refractivity contribution in [2.75, 3.05) is 6.54 Å². The lowest BCUT2D eigenvalue weighted by atomic mass is 10.1. The Bertz CT molecular complexity index is 398. The standard InChI is InChI=1S/C11H14N2O3/c1-8-6-7-12(11(8)14)9-2-4-10(5-3-9)13(15)16/h2,4,8H,3,5-7H2,1H3. The summed E-state index contributed by atoms with van der Waals surface area (Å²) < 4.78 is 0. The van der Waals surface area contributed by atoms with Crippen LogP contribution in [0.1, 0.15) is 26.2 Å². The largest absolute Gasteiger partial charge is 0.316 e. The van der Waals surface area contributed by atoms with E-state index in [1.807, 2.05) is 6.92 Å². The van der Waals surface area contributed by atoms with Crippen LogP contribution in [0.5, 0.6) is 0 Å². The summed E-state index contributed by atoms with van der Waals surface area (Å²) in [7, 11) is 0. The third-order valence-corrected chi connectivity index (χ3v) is 3.16. The summed E-state index contributed by atoms with van der Waals surface area (Å²) in [6.45, 7) is 2.66. The fraction of sp³-hybridized carbons (Fsp3) is 0.545. The molecule has 0 aromatic carbocycles. The Kier molecular flexibility index (Phi) is 2.77. The van der Waals surface area contributed by atoms with Gasteiger partial charge in [-0.25, -0.2) is 0 Å². The number of rotatable bonds is 2. The summed E-state index contributed by atoms with van der Waals surface area (Å²) in [5, 5.41) is 10.5. The van der Waals surface area contributed by atoms with E-state index in [4.69, 9.17) is 0 Å². The zero-order valence-corrected chi connectivity index (χ0v) is 9.18. The molecule has 5 nitrogen and oxygen atoms in total. The molecule has 0 bridgehead atoms. The lowest BCUT2D eigenvalue weighted by molar-refractivity contribution is -0.428. The molecular formula is C11H14N2O3. The minimum Gasteiger partial charge on any atom is -0.316 e. The van der Waals surface area contributed by atoms with E-state index in [1.165, 1.54) is 6.08 Å². The molecule has 5 heteroatoms. The van der Waals surface area contributed by atoms with Crippen molar-refractivity contribution in [1.82, 2.24) is 4.90 Å². The molecule has 0 aromatic heterocycles. The monoisotopic (exact) mass is 222 g/mol. The minimum absolute atomic E-state index is 0.0850. The van der Waals surface area contributed by atoms with Crippen LogP contribution in [0.15, 0.2) is 23.5 Å². The van der Waals surface area contributed by atoms with Gasteiger partial charge in [0, 0.05) is 30.7 Å². The van der Waals surface area contributed by atoms with Crippen molar-refractivity contribution in [3.8, 4) is 0 Å². The number of carbonyl (C=O) groups excluding carboxylic acids is 1. The molecule has 0 aromatic rings. The number of nitrogens with zero attached hydrogens (tertiary/aromatic N) is 2. The van der Waals surface area contributed by atoms with E-state index in [2.05, 4.69) is 0 Å². The van der Waals surface area contributed by atoms with Crippen LogP contribution in [0.2, 0.25) is 0 Å². The highest BCUT2D eigenvalue weighted by Gasteiger charge is 2.31. The number of carbonyl (C=O) groups is 1. The maximum Gasteiger partial charge on any atom is 0.246 e. The van der Waals surface area contributed by atoms with Gasteiger partial charge >= 0.3 is 0 Å². The molecule has 0 saturated carbocycles. The Labute approximate surface area is 93.6 Å². The number of amides is 1. The van der Waals surface area contributed by atoms with E-state index in [-0.39, 0.29) is 22.4 Å². The Hall–Kier alpha value is -1.65. The first kappa shape index (κ1) is 10.9. The zero-order valence-electron chi connectivity index (χ0n) is 9.18. The van der Waals surface area contributed by atoms with E-state index in [9.17, 15) is 14.9 Å². The number of nitro groups is 1. The van der Waals surface area contributed by atoms with E-state index in [0.717, 1.165) is 18.7 Å². The third-order valence-electron chi connectivity index (χ3n) is 3.16. The van der Waals surface area contributed by atoms with Gasteiger partial charge in [0.15, 0.2) is 0 Å². The van der Waals surface area contributed by atoms with Crippen molar-refractivity contribution in [2.45, 2.75) is 26.2 Å². The number of likely N-dealkylation sites (tertiary alicyclic amines) is 1. The van der Waals surface area contributed by atoms with Gasteiger partial charge in [0.05, 0.1) is 4.92 Å². The second-order valence-electron chi connectivity index (χ2n) is 4.25. The van der Waals surface area contributed by atoms with Gasteiger partial charge in [-0.2, -0.15) is 0 Å². The molecule has 1 heterocycles. The van der Waals surface area contributed by atoms with Crippen molar-refractivity contribution in [1.29, 1.82) is 0 Å². The summed E-state index contributed by atoms with van der Waals surface area (Å²) in [4.78, 5) is 23.7. The molecule has 1 amide bonds. The molecule has 2 rings (SSSR count). The van der Waals surface area contributed by atoms with Gasteiger partial charge in [-0.05, 0) is 18.9 Å². The van der Waals surface area contributed by atoms with E-state index >= 15 is 0 Å². The molecule has 2 aliphatic rings.